The van der Waals surface area contributed by atoms with Crippen molar-refractivity contribution in [3.05, 3.63) is 27.2 Å². The van der Waals surface area contributed by atoms with Crippen molar-refractivity contribution in [2.24, 2.45) is 0 Å². The van der Waals surface area contributed by atoms with E-state index in [2.05, 4.69) is 9.97 Å². The first kappa shape index (κ1) is 14.6. The van der Waals surface area contributed by atoms with E-state index in [1.54, 1.807) is 0 Å². The molecule has 0 aromatic carbocycles. The third-order valence-corrected chi connectivity index (χ3v) is 3.52. The van der Waals surface area contributed by atoms with E-state index in [1.807, 2.05) is 4.98 Å². The van der Waals surface area contributed by atoms with Crippen molar-refractivity contribution in [1.82, 2.24) is 19.5 Å². The summed E-state index contributed by atoms with van der Waals surface area (Å²) in [6.07, 6.45) is -4.27. The molecule has 3 heterocycles. The molecular formula is C11H13N5O6. The first-order valence-electron chi connectivity index (χ1n) is 6.33. The number of nitrogens with two attached hydrogens (primary N) is 1. The lowest BCUT2D eigenvalue weighted by Gasteiger charge is -2.18. The molecule has 11 nitrogen and oxygen atoms in total. The summed E-state index contributed by atoms with van der Waals surface area (Å²) in [6, 6.07) is 0. The quantitative estimate of drug-likeness (QED) is 0.379. The summed E-state index contributed by atoms with van der Waals surface area (Å²) >= 11 is 0. The van der Waals surface area contributed by atoms with E-state index in [-0.39, 0.29) is 16.9 Å². The third-order valence-electron chi connectivity index (χ3n) is 3.52. The van der Waals surface area contributed by atoms with Crippen molar-refractivity contribution in [2.75, 3.05) is 12.3 Å². The van der Waals surface area contributed by atoms with Gasteiger partial charge in [0.2, 0.25) is 0 Å². The fraction of sp³-hybridized carbons (Fsp3) is 0.455. The Labute approximate surface area is 121 Å². The maximum absolute atomic E-state index is 12.1. The molecule has 118 valence electrons. The molecular weight excluding hydrogens is 298 g/mol. The number of hydrogen-bond acceptors (Lipinski definition) is 9. The lowest BCUT2D eigenvalue weighted by Crippen LogP contribution is -2.39. The summed E-state index contributed by atoms with van der Waals surface area (Å²) < 4.78 is 6.14. The second kappa shape index (κ2) is 5.14. The van der Waals surface area contributed by atoms with Crippen LogP contribution in [0.5, 0.6) is 0 Å². The lowest BCUT2D eigenvalue weighted by atomic mass is 10.1. The zero-order valence-corrected chi connectivity index (χ0v) is 11.1. The zero-order valence-electron chi connectivity index (χ0n) is 11.1. The van der Waals surface area contributed by atoms with Crippen LogP contribution in [0.4, 0.5) is 5.82 Å². The molecule has 2 aromatic heterocycles. The molecule has 0 aliphatic carbocycles. The van der Waals surface area contributed by atoms with Crippen molar-refractivity contribution >= 4 is 16.9 Å². The predicted molar refractivity (Wildman–Crippen MR) is 71.8 cm³/mol. The molecule has 0 saturated carbocycles. The van der Waals surface area contributed by atoms with E-state index in [4.69, 9.17) is 15.6 Å². The number of aromatic nitrogens is 4. The summed E-state index contributed by atoms with van der Waals surface area (Å²) in [6.45, 7) is -0.554. The number of H-pyrrole nitrogens is 1. The Morgan fingerprint density at radius 2 is 2.05 bits per heavy atom. The molecule has 2 aromatic rings. The smallest absolute Gasteiger partial charge is 0.332 e. The normalized spacial score (nSPS) is 28.3. The van der Waals surface area contributed by atoms with E-state index in [9.17, 15) is 19.8 Å². The molecule has 0 amide bonds. The monoisotopic (exact) mass is 311 g/mol. The van der Waals surface area contributed by atoms with Gasteiger partial charge in [-0.15, -0.1) is 0 Å². The number of aliphatic hydroxyl groups excluding tert-OH is 3. The first-order chi connectivity index (χ1) is 10.5. The van der Waals surface area contributed by atoms with Gasteiger partial charge in [-0.2, -0.15) is 0 Å². The predicted octanol–water partition coefficient (Wildman–Crippen LogP) is -3.33. The minimum absolute atomic E-state index is 0.139. The molecule has 1 aliphatic heterocycles. The summed E-state index contributed by atoms with van der Waals surface area (Å²) in [5.41, 5.74) is 3.79. The fourth-order valence-corrected chi connectivity index (χ4v) is 2.44. The van der Waals surface area contributed by atoms with Gasteiger partial charge in [0, 0.05) is 0 Å². The molecule has 11 heteroatoms. The molecule has 3 rings (SSSR count). The van der Waals surface area contributed by atoms with Gasteiger partial charge in [0.15, 0.2) is 11.9 Å². The lowest BCUT2D eigenvalue weighted by molar-refractivity contribution is -0.0530. The van der Waals surface area contributed by atoms with Gasteiger partial charge in [0.1, 0.15) is 35.8 Å². The molecule has 4 atom stereocenters. The van der Waals surface area contributed by atoms with Gasteiger partial charge in [-0.3, -0.25) is 9.78 Å². The number of nitrogens with zero attached hydrogens (tertiary/aromatic N) is 3. The van der Waals surface area contributed by atoms with Crippen molar-refractivity contribution in [1.29, 1.82) is 0 Å². The van der Waals surface area contributed by atoms with Crippen molar-refractivity contribution in [2.45, 2.75) is 24.5 Å². The molecule has 0 bridgehead atoms. The van der Waals surface area contributed by atoms with Gasteiger partial charge in [-0.1, -0.05) is 0 Å². The Balaban J connectivity index is 2.26. The zero-order chi connectivity index (χ0) is 16.0. The van der Waals surface area contributed by atoms with Gasteiger partial charge < -0.3 is 25.8 Å². The Bertz CT molecular complexity index is 832. The summed E-state index contributed by atoms with van der Waals surface area (Å²) in [7, 11) is 0. The number of ether oxygens (including phenoxy) is 1. The highest BCUT2D eigenvalue weighted by Crippen LogP contribution is 2.29. The number of nitrogens with one attached hydrogen (secondary N) is 1. The highest BCUT2D eigenvalue weighted by molar-refractivity contribution is 5.84. The Morgan fingerprint density at radius 3 is 2.68 bits per heavy atom. The van der Waals surface area contributed by atoms with E-state index in [1.165, 1.54) is 0 Å². The van der Waals surface area contributed by atoms with Gasteiger partial charge in [-0.25, -0.2) is 19.3 Å². The minimum atomic E-state index is -1.50. The van der Waals surface area contributed by atoms with Gasteiger partial charge in [0.05, 0.1) is 6.61 Å². The van der Waals surface area contributed by atoms with Crippen LogP contribution in [0.15, 0.2) is 15.9 Å². The number of aliphatic hydroxyl groups is 3. The highest BCUT2D eigenvalue weighted by atomic mass is 16.6. The standard InChI is InChI=1S/C11H13N5O6/c12-7-4-8(14-2-13-7)16(11(21)15-9(4)20)10-6(19)5(18)3(1-17)22-10/h2-3,5-6,10,17-19H,1H2,(H2,12,13,14)(H,15,20,21)/t3-,5-,6+,10-/m1/s1. The average Bonchev–Trinajstić information content (AvgIpc) is 2.75. The van der Waals surface area contributed by atoms with E-state index < -0.39 is 42.4 Å². The van der Waals surface area contributed by atoms with Crippen LogP contribution in [0.2, 0.25) is 0 Å². The topological polar surface area (TPSA) is 177 Å². The first-order valence-corrected chi connectivity index (χ1v) is 6.33. The second-order valence-corrected chi connectivity index (χ2v) is 4.82. The Morgan fingerprint density at radius 1 is 1.32 bits per heavy atom. The van der Waals surface area contributed by atoms with Gasteiger partial charge in [0.25, 0.3) is 5.56 Å². The number of anilines is 1. The van der Waals surface area contributed by atoms with Crippen LogP contribution in [-0.2, 0) is 4.74 Å². The second-order valence-electron chi connectivity index (χ2n) is 4.82. The van der Waals surface area contributed by atoms with Crippen LogP contribution >= 0.6 is 0 Å². The fourth-order valence-electron chi connectivity index (χ4n) is 2.44. The van der Waals surface area contributed by atoms with Crippen LogP contribution in [0.25, 0.3) is 11.0 Å². The van der Waals surface area contributed by atoms with Crippen molar-refractivity contribution < 1.29 is 20.1 Å². The van der Waals surface area contributed by atoms with Crippen LogP contribution in [0, 0.1) is 0 Å². The maximum Gasteiger partial charge on any atom is 0.332 e. The summed E-state index contributed by atoms with van der Waals surface area (Å²) in [5.74, 6) is -0.147. The molecule has 0 radical (unpaired) electrons. The largest absolute Gasteiger partial charge is 0.394 e. The number of aromatic amines is 1. The van der Waals surface area contributed by atoms with Gasteiger partial charge in [-0.05, 0) is 0 Å². The van der Waals surface area contributed by atoms with Crippen molar-refractivity contribution in [3.8, 4) is 0 Å². The summed E-state index contributed by atoms with van der Waals surface area (Å²) in [5, 5.41) is 28.8. The number of fused-ring (bicyclic) bond motifs is 1. The average molecular weight is 311 g/mol. The molecule has 6 N–H and O–H groups in total. The van der Waals surface area contributed by atoms with E-state index >= 15 is 0 Å². The van der Waals surface area contributed by atoms with Crippen LogP contribution in [0.3, 0.4) is 0 Å². The Kier molecular flexibility index (Phi) is 3.41. The van der Waals surface area contributed by atoms with Crippen LogP contribution in [-0.4, -0.2) is 59.8 Å². The maximum atomic E-state index is 12.1. The van der Waals surface area contributed by atoms with E-state index in [0.717, 1.165) is 10.9 Å². The minimum Gasteiger partial charge on any atom is -0.394 e. The van der Waals surface area contributed by atoms with Crippen LogP contribution in [0.1, 0.15) is 6.23 Å². The molecule has 1 fully saturated rings. The van der Waals surface area contributed by atoms with Crippen LogP contribution < -0.4 is 17.0 Å². The molecule has 1 aliphatic rings. The summed E-state index contributed by atoms with van der Waals surface area (Å²) in [4.78, 5) is 33.4. The molecule has 22 heavy (non-hydrogen) atoms. The number of nitrogen functional groups attached to an aromatic ring is 1. The van der Waals surface area contributed by atoms with Crippen molar-refractivity contribution in [3.63, 3.8) is 0 Å². The Hall–Kier alpha value is -2.34. The van der Waals surface area contributed by atoms with E-state index in [0.29, 0.717) is 0 Å². The number of hydrogen-bond donors (Lipinski definition) is 5. The third kappa shape index (κ3) is 1.99. The SMILES string of the molecule is Nc1ncnc2c1c(=O)[nH]c(=O)n2[C@@H]1O[C@H](CO)[C@@H](O)[C@@H]1O. The molecule has 0 spiro atoms. The molecule has 0 unspecified atom stereocenters. The highest BCUT2D eigenvalue weighted by Gasteiger charge is 2.44. The molecule has 1 saturated heterocycles. The van der Waals surface area contributed by atoms with Gasteiger partial charge >= 0.3 is 5.69 Å². The number of rotatable bonds is 2.